The third-order valence-electron chi connectivity index (χ3n) is 1.88. The van der Waals surface area contributed by atoms with Gasteiger partial charge < -0.3 is 4.74 Å². The molecule has 0 fully saturated rings. The van der Waals surface area contributed by atoms with Crippen LogP contribution in [0.1, 0.15) is 10.4 Å². The summed E-state index contributed by atoms with van der Waals surface area (Å²) >= 11 is 6.58. The smallest absolute Gasteiger partial charge is 0.183 e. The Morgan fingerprint density at radius 2 is 2.23 bits per heavy atom. The Morgan fingerprint density at radius 3 is 3.00 bits per heavy atom. The standard InChI is InChI=1S/C9H6Br2O2/c10-5-1-2-6-8(3-5)13-4-7(11)9(6)12/h1-3,7H,4H2/t7-/m0/s1. The normalized spacial score (nSPS) is 20.8. The van der Waals surface area contributed by atoms with Gasteiger partial charge >= 0.3 is 0 Å². The third kappa shape index (κ3) is 1.65. The topological polar surface area (TPSA) is 26.3 Å². The molecule has 1 aliphatic heterocycles. The lowest BCUT2D eigenvalue weighted by Gasteiger charge is -2.20. The number of ether oxygens (including phenoxy) is 1. The molecule has 1 aromatic carbocycles. The van der Waals surface area contributed by atoms with Crippen LogP contribution in [-0.2, 0) is 0 Å². The van der Waals surface area contributed by atoms with E-state index in [1.807, 2.05) is 12.1 Å². The van der Waals surface area contributed by atoms with Crippen LogP contribution in [0.3, 0.4) is 0 Å². The lowest BCUT2D eigenvalue weighted by atomic mass is 10.1. The molecule has 0 radical (unpaired) electrons. The van der Waals surface area contributed by atoms with E-state index in [9.17, 15) is 4.79 Å². The molecule has 1 aliphatic rings. The highest BCUT2D eigenvalue weighted by molar-refractivity contribution is 9.10. The fraction of sp³-hybridized carbons (Fsp3) is 0.222. The molecule has 4 heteroatoms. The Hall–Kier alpha value is -0.350. The van der Waals surface area contributed by atoms with E-state index in [1.165, 1.54) is 0 Å². The second-order valence-electron chi connectivity index (χ2n) is 2.78. The van der Waals surface area contributed by atoms with E-state index >= 15 is 0 Å². The molecule has 1 aromatic rings. The van der Waals surface area contributed by atoms with Gasteiger partial charge in [-0.15, -0.1) is 0 Å². The number of Topliss-reactive ketones (excluding diaryl/α,β-unsaturated/α-hetero) is 1. The SMILES string of the molecule is O=C1c2ccc(Br)cc2OC[C@@H]1Br. The van der Waals surface area contributed by atoms with Crippen molar-refractivity contribution in [2.75, 3.05) is 6.61 Å². The first-order valence-electron chi connectivity index (χ1n) is 3.79. The van der Waals surface area contributed by atoms with Crippen molar-refractivity contribution >= 4 is 37.6 Å². The first-order chi connectivity index (χ1) is 6.18. The second kappa shape index (κ2) is 3.42. The first kappa shape index (κ1) is 9.21. The molecule has 0 amide bonds. The predicted octanol–water partition coefficient (Wildman–Crippen LogP) is 2.79. The minimum absolute atomic E-state index is 0.0914. The molecular weight excluding hydrogens is 300 g/mol. The molecule has 0 bridgehead atoms. The van der Waals surface area contributed by atoms with Gasteiger partial charge in [0.2, 0.25) is 0 Å². The van der Waals surface area contributed by atoms with E-state index in [-0.39, 0.29) is 10.6 Å². The minimum Gasteiger partial charge on any atom is -0.491 e. The molecule has 0 N–H and O–H groups in total. The number of halogens is 2. The van der Waals surface area contributed by atoms with Gasteiger partial charge in [0, 0.05) is 4.47 Å². The average molecular weight is 306 g/mol. The van der Waals surface area contributed by atoms with Crippen LogP contribution in [0, 0.1) is 0 Å². The van der Waals surface area contributed by atoms with Gasteiger partial charge in [-0.3, -0.25) is 4.79 Å². The second-order valence-corrected chi connectivity index (χ2v) is 4.80. The number of fused-ring (bicyclic) bond motifs is 1. The van der Waals surface area contributed by atoms with Crippen LogP contribution in [0.15, 0.2) is 22.7 Å². The van der Waals surface area contributed by atoms with E-state index in [1.54, 1.807) is 6.07 Å². The number of benzene rings is 1. The average Bonchev–Trinajstić information content (AvgIpc) is 2.12. The number of rotatable bonds is 0. The Bertz CT molecular complexity index is 363. The van der Waals surface area contributed by atoms with Gasteiger partial charge in [0.1, 0.15) is 17.2 Å². The molecule has 0 unspecified atom stereocenters. The van der Waals surface area contributed by atoms with Crippen LogP contribution < -0.4 is 4.74 Å². The van der Waals surface area contributed by atoms with Crippen molar-refractivity contribution in [3.05, 3.63) is 28.2 Å². The highest BCUT2D eigenvalue weighted by Gasteiger charge is 2.26. The van der Waals surface area contributed by atoms with Crippen LogP contribution in [0.2, 0.25) is 0 Å². The predicted molar refractivity (Wildman–Crippen MR) is 56.7 cm³/mol. The van der Waals surface area contributed by atoms with E-state index < -0.39 is 0 Å². The highest BCUT2D eigenvalue weighted by Crippen LogP contribution is 2.29. The summed E-state index contributed by atoms with van der Waals surface area (Å²) in [5.74, 6) is 0.754. The molecule has 68 valence electrons. The van der Waals surface area contributed by atoms with Crippen LogP contribution in [0.25, 0.3) is 0 Å². The molecular formula is C9H6Br2O2. The minimum atomic E-state index is -0.207. The Kier molecular flexibility index (Phi) is 2.43. The van der Waals surface area contributed by atoms with E-state index in [4.69, 9.17) is 4.74 Å². The largest absolute Gasteiger partial charge is 0.491 e. The summed E-state index contributed by atoms with van der Waals surface area (Å²) in [6.07, 6.45) is 0. The van der Waals surface area contributed by atoms with Crippen LogP contribution >= 0.6 is 31.9 Å². The molecule has 0 aliphatic carbocycles. The fourth-order valence-corrected chi connectivity index (χ4v) is 1.95. The van der Waals surface area contributed by atoms with Gasteiger partial charge in [-0.25, -0.2) is 0 Å². The fourth-order valence-electron chi connectivity index (χ4n) is 1.23. The Balaban J connectivity index is 2.50. The van der Waals surface area contributed by atoms with E-state index in [0.717, 1.165) is 4.47 Å². The number of hydrogen-bond acceptors (Lipinski definition) is 2. The Morgan fingerprint density at radius 1 is 1.46 bits per heavy atom. The molecule has 0 saturated carbocycles. The summed E-state index contributed by atoms with van der Waals surface area (Å²) in [7, 11) is 0. The molecule has 2 rings (SSSR count). The summed E-state index contributed by atoms with van der Waals surface area (Å²) in [5, 5.41) is 0. The molecule has 13 heavy (non-hydrogen) atoms. The van der Waals surface area contributed by atoms with Crippen molar-refractivity contribution < 1.29 is 9.53 Å². The molecule has 1 heterocycles. The first-order valence-corrected chi connectivity index (χ1v) is 5.50. The van der Waals surface area contributed by atoms with Gasteiger partial charge in [0.25, 0.3) is 0 Å². The number of ketones is 1. The molecule has 0 aromatic heterocycles. The van der Waals surface area contributed by atoms with Crippen molar-refractivity contribution in [3.8, 4) is 5.75 Å². The van der Waals surface area contributed by atoms with Gasteiger partial charge in [-0.05, 0) is 18.2 Å². The van der Waals surface area contributed by atoms with E-state index in [2.05, 4.69) is 31.9 Å². The number of carbonyl (C=O) groups excluding carboxylic acids is 1. The monoisotopic (exact) mass is 304 g/mol. The lowest BCUT2D eigenvalue weighted by molar-refractivity contribution is 0.0946. The van der Waals surface area contributed by atoms with Gasteiger partial charge in [-0.1, -0.05) is 31.9 Å². The van der Waals surface area contributed by atoms with Gasteiger partial charge in [0.05, 0.1) is 5.56 Å². The molecule has 0 spiro atoms. The number of hydrogen-bond donors (Lipinski definition) is 0. The quantitative estimate of drug-likeness (QED) is 0.689. The summed E-state index contributed by atoms with van der Waals surface area (Å²) in [4.78, 5) is 11.4. The summed E-state index contributed by atoms with van der Waals surface area (Å²) < 4.78 is 6.31. The maximum Gasteiger partial charge on any atom is 0.183 e. The zero-order valence-electron chi connectivity index (χ0n) is 6.59. The lowest BCUT2D eigenvalue weighted by Crippen LogP contribution is -2.27. The number of alkyl halides is 1. The van der Waals surface area contributed by atoms with Crippen molar-refractivity contribution in [1.82, 2.24) is 0 Å². The van der Waals surface area contributed by atoms with Crippen molar-refractivity contribution in [2.45, 2.75) is 4.83 Å². The molecule has 0 saturated heterocycles. The van der Waals surface area contributed by atoms with Gasteiger partial charge in [0.15, 0.2) is 5.78 Å². The zero-order chi connectivity index (χ0) is 9.42. The highest BCUT2D eigenvalue weighted by atomic mass is 79.9. The maximum absolute atomic E-state index is 11.6. The van der Waals surface area contributed by atoms with Crippen LogP contribution in [-0.4, -0.2) is 17.2 Å². The van der Waals surface area contributed by atoms with Crippen molar-refractivity contribution in [1.29, 1.82) is 0 Å². The number of carbonyl (C=O) groups is 1. The van der Waals surface area contributed by atoms with Crippen molar-refractivity contribution in [2.24, 2.45) is 0 Å². The summed E-state index contributed by atoms with van der Waals surface area (Å²) in [5.41, 5.74) is 0.649. The van der Waals surface area contributed by atoms with Crippen LogP contribution in [0.5, 0.6) is 5.75 Å². The van der Waals surface area contributed by atoms with Crippen molar-refractivity contribution in [3.63, 3.8) is 0 Å². The molecule has 1 atom stereocenters. The van der Waals surface area contributed by atoms with E-state index in [0.29, 0.717) is 17.9 Å². The summed E-state index contributed by atoms with van der Waals surface area (Å²) in [6, 6.07) is 5.42. The van der Waals surface area contributed by atoms with Crippen LogP contribution in [0.4, 0.5) is 0 Å². The zero-order valence-corrected chi connectivity index (χ0v) is 9.76. The van der Waals surface area contributed by atoms with Gasteiger partial charge in [-0.2, -0.15) is 0 Å². The maximum atomic E-state index is 11.6. The third-order valence-corrected chi connectivity index (χ3v) is 3.05. The summed E-state index contributed by atoms with van der Waals surface area (Å²) in [6.45, 7) is 0.405. The Labute approximate surface area is 92.5 Å². The molecule has 2 nitrogen and oxygen atoms in total.